The predicted octanol–water partition coefficient (Wildman–Crippen LogP) is 2.56. The lowest BCUT2D eigenvalue weighted by Crippen LogP contribution is -2.30. The third-order valence-corrected chi connectivity index (χ3v) is 3.01. The zero-order chi connectivity index (χ0) is 10.7. The maximum Gasteiger partial charge on any atom is 0.142 e. The lowest BCUT2D eigenvalue weighted by atomic mass is 10.2. The minimum Gasteiger partial charge on any atom is -0.477 e. The standard InChI is InChI=1S/C11H15ClN2O/c1-9-3-2-6-14(9)8-15-10-4-5-11(12)13-7-10/h4-5,7,9H,2-3,6,8H2,1H3. The number of nitrogens with zero attached hydrogens (tertiary/aromatic N) is 2. The SMILES string of the molecule is CC1CCCN1COc1ccc(Cl)nc1. The van der Waals surface area contributed by atoms with Crippen LogP contribution in [0.25, 0.3) is 0 Å². The van der Waals surface area contributed by atoms with Gasteiger partial charge in [0.05, 0.1) is 6.20 Å². The minimum absolute atomic E-state index is 0.497. The first kappa shape index (κ1) is 10.7. The van der Waals surface area contributed by atoms with E-state index in [0.717, 1.165) is 12.3 Å². The summed E-state index contributed by atoms with van der Waals surface area (Å²) in [5.41, 5.74) is 0. The molecule has 0 spiro atoms. The summed E-state index contributed by atoms with van der Waals surface area (Å²) in [6.45, 7) is 4.00. The Hall–Kier alpha value is -0.800. The van der Waals surface area contributed by atoms with Crippen LogP contribution in [0.2, 0.25) is 5.15 Å². The van der Waals surface area contributed by atoms with Gasteiger partial charge in [0.25, 0.3) is 0 Å². The molecule has 1 unspecified atom stereocenters. The number of likely N-dealkylation sites (tertiary alicyclic amines) is 1. The molecule has 1 aliphatic heterocycles. The molecule has 1 saturated heterocycles. The van der Waals surface area contributed by atoms with Gasteiger partial charge in [-0.15, -0.1) is 0 Å². The molecule has 2 heterocycles. The van der Waals surface area contributed by atoms with Crippen LogP contribution in [0.5, 0.6) is 5.75 Å². The van der Waals surface area contributed by atoms with E-state index in [1.807, 2.05) is 6.07 Å². The van der Waals surface area contributed by atoms with Crippen molar-refractivity contribution in [2.45, 2.75) is 25.8 Å². The van der Waals surface area contributed by atoms with Crippen LogP contribution < -0.4 is 4.74 Å². The van der Waals surface area contributed by atoms with Gasteiger partial charge in [-0.05, 0) is 31.9 Å². The molecule has 4 heteroatoms. The predicted molar refractivity (Wildman–Crippen MR) is 60.1 cm³/mol. The summed E-state index contributed by atoms with van der Waals surface area (Å²) in [5, 5.41) is 0.497. The maximum atomic E-state index is 5.69. The zero-order valence-corrected chi connectivity index (χ0v) is 9.57. The number of aromatic nitrogens is 1. The van der Waals surface area contributed by atoms with E-state index in [9.17, 15) is 0 Å². The second-order valence-electron chi connectivity index (χ2n) is 3.89. The highest BCUT2D eigenvalue weighted by Crippen LogP contribution is 2.17. The summed E-state index contributed by atoms with van der Waals surface area (Å²) in [7, 11) is 0. The Bertz CT molecular complexity index is 315. The van der Waals surface area contributed by atoms with Gasteiger partial charge < -0.3 is 4.74 Å². The third-order valence-electron chi connectivity index (χ3n) is 2.79. The smallest absolute Gasteiger partial charge is 0.142 e. The third kappa shape index (κ3) is 2.83. The second-order valence-corrected chi connectivity index (χ2v) is 4.28. The van der Waals surface area contributed by atoms with Gasteiger partial charge in [0, 0.05) is 12.6 Å². The van der Waals surface area contributed by atoms with E-state index in [-0.39, 0.29) is 0 Å². The Morgan fingerprint density at radius 2 is 2.47 bits per heavy atom. The fourth-order valence-corrected chi connectivity index (χ4v) is 1.90. The van der Waals surface area contributed by atoms with Gasteiger partial charge in [-0.25, -0.2) is 4.98 Å². The summed E-state index contributed by atoms with van der Waals surface area (Å²) in [6.07, 6.45) is 4.19. The van der Waals surface area contributed by atoms with Crippen LogP contribution in [-0.2, 0) is 0 Å². The number of hydrogen-bond acceptors (Lipinski definition) is 3. The molecule has 0 bridgehead atoms. The summed E-state index contributed by atoms with van der Waals surface area (Å²) >= 11 is 5.69. The van der Waals surface area contributed by atoms with Crippen molar-refractivity contribution in [3.8, 4) is 5.75 Å². The number of hydrogen-bond donors (Lipinski definition) is 0. The maximum absolute atomic E-state index is 5.69. The minimum atomic E-state index is 0.497. The monoisotopic (exact) mass is 226 g/mol. The first-order chi connectivity index (χ1) is 7.25. The molecule has 82 valence electrons. The van der Waals surface area contributed by atoms with Crippen molar-refractivity contribution in [2.24, 2.45) is 0 Å². The highest BCUT2D eigenvalue weighted by Gasteiger charge is 2.19. The van der Waals surface area contributed by atoms with E-state index in [4.69, 9.17) is 16.3 Å². The highest BCUT2D eigenvalue weighted by atomic mass is 35.5. The van der Waals surface area contributed by atoms with Crippen LogP contribution in [-0.4, -0.2) is 29.2 Å². The van der Waals surface area contributed by atoms with Crippen LogP contribution in [0.3, 0.4) is 0 Å². The molecule has 0 aromatic carbocycles. The fraction of sp³-hybridized carbons (Fsp3) is 0.545. The molecule has 1 fully saturated rings. The van der Waals surface area contributed by atoms with Gasteiger partial charge in [0.1, 0.15) is 17.6 Å². The van der Waals surface area contributed by atoms with Gasteiger partial charge in [0.2, 0.25) is 0 Å². The summed E-state index contributed by atoms with van der Waals surface area (Å²) in [5.74, 6) is 0.776. The molecule has 3 nitrogen and oxygen atoms in total. The number of halogens is 1. The molecule has 0 radical (unpaired) electrons. The van der Waals surface area contributed by atoms with Crippen LogP contribution in [0, 0.1) is 0 Å². The van der Waals surface area contributed by atoms with Gasteiger partial charge >= 0.3 is 0 Å². The first-order valence-corrected chi connectivity index (χ1v) is 5.62. The van der Waals surface area contributed by atoms with Crippen molar-refractivity contribution in [1.82, 2.24) is 9.88 Å². The van der Waals surface area contributed by atoms with Crippen molar-refractivity contribution in [2.75, 3.05) is 13.3 Å². The molecule has 1 aromatic heterocycles. The number of pyridine rings is 1. The molecular weight excluding hydrogens is 212 g/mol. The average molecular weight is 227 g/mol. The molecule has 2 rings (SSSR count). The molecule has 1 aromatic rings. The van der Waals surface area contributed by atoms with Crippen LogP contribution in [0.1, 0.15) is 19.8 Å². The van der Waals surface area contributed by atoms with Crippen LogP contribution in [0.4, 0.5) is 0 Å². The molecule has 0 saturated carbocycles. The van der Waals surface area contributed by atoms with Crippen molar-refractivity contribution < 1.29 is 4.74 Å². The summed E-state index contributed by atoms with van der Waals surface area (Å²) in [4.78, 5) is 6.29. The van der Waals surface area contributed by atoms with E-state index in [1.54, 1.807) is 12.3 Å². The Morgan fingerprint density at radius 1 is 1.60 bits per heavy atom. The normalized spacial score (nSPS) is 21.9. The topological polar surface area (TPSA) is 25.4 Å². The van der Waals surface area contributed by atoms with E-state index >= 15 is 0 Å². The van der Waals surface area contributed by atoms with Crippen molar-refractivity contribution in [3.63, 3.8) is 0 Å². The van der Waals surface area contributed by atoms with Crippen molar-refractivity contribution in [1.29, 1.82) is 0 Å². The van der Waals surface area contributed by atoms with E-state index < -0.39 is 0 Å². The first-order valence-electron chi connectivity index (χ1n) is 5.24. The van der Waals surface area contributed by atoms with Gasteiger partial charge in [-0.1, -0.05) is 11.6 Å². The lowest BCUT2D eigenvalue weighted by molar-refractivity contribution is 0.121. The zero-order valence-electron chi connectivity index (χ0n) is 8.82. The molecule has 1 atom stereocenters. The average Bonchev–Trinajstić information content (AvgIpc) is 2.63. The molecule has 0 aliphatic carbocycles. The summed E-state index contributed by atoms with van der Waals surface area (Å²) in [6, 6.07) is 4.21. The molecule has 0 N–H and O–H groups in total. The number of rotatable bonds is 3. The molecular formula is C11H15ClN2O. The number of ether oxygens (including phenoxy) is 1. The van der Waals surface area contributed by atoms with Crippen molar-refractivity contribution in [3.05, 3.63) is 23.5 Å². The quantitative estimate of drug-likeness (QED) is 0.741. The van der Waals surface area contributed by atoms with E-state index in [1.165, 1.54) is 12.8 Å². The molecule has 1 aliphatic rings. The molecule has 15 heavy (non-hydrogen) atoms. The highest BCUT2D eigenvalue weighted by molar-refractivity contribution is 6.29. The molecule has 0 amide bonds. The Kier molecular flexibility index (Phi) is 3.44. The van der Waals surface area contributed by atoms with E-state index in [2.05, 4.69) is 16.8 Å². The van der Waals surface area contributed by atoms with Crippen molar-refractivity contribution >= 4 is 11.6 Å². The largest absolute Gasteiger partial charge is 0.477 e. The Labute approximate surface area is 95.0 Å². The Balaban J connectivity index is 1.85. The van der Waals surface area contributed by atoms with Gasteiger partial charge in [-0.3, -0.25) is 4.90 Å². The van der Waals surface area contributed by atoms with Crippen LogP contribution in [0.15, 0.2) is 18.3 Å². The second kappa shape index (κ2) is 4.81. The summed E-state index contributed by atoms with van der Waals surface area (Å²) < 4.78 is 5.62. The van der Waals surface area contributed by atoms with Gasteiger partial charge in [-0.2, -0.15) is 0 Å². The Morgan fingerprint density at radius 3 is 3.07 bits per heavy atom. The lowest BCUT2D eigenvalue weighted by Gasteiger charge is -2.20. The van der Waals surface area contributed by atoms with Crippen LogP contribution >= 0.6 is 11.6 Å². The van der Waals surface area contributed by atoms with Gasteiger partial charge in [0.15, 0.2) is 0 Å². The van der Waals surface area contributed by atoms with E-state index in [0.29, 0.717) is 17.9 Å². The fourth-order valence-electron chi connectivity index (χ4n) is 1.79.